The lowest BCUT2D eigenvalue weighted by Gasteiger charge is -1.87. The Labute approximate surface area is 69.8 Å². The first-order chi connectivity index (χ1) is 5.81. The summed E-state index contributed by atoms with van der Waals surface area (Å²) in [4.78, 5) is 0. The highest BCUT2D eigenvalue weighted by Crippen LogP contribution is 2.21. The molecular formula is C10H8FO. The number of hydrogen-bond acceptors (Lipinski definition) is 1. The molecule has 0 amide bonds. The van der Waals surface area contributed by atoms with Crippen LogP contribution in [0, 0.1) is 12.7 Å². The fourth-order valence-electron chi connectivity index (χ4n) is 1.20. The van der Waals surface area contributed by atoms with E-state index in [1.807, 2.05) is 0 Å². The maximum atomic E-state index is 13.1. The van der Waals surface area contributed by atoms with Gasteiger partial charge in [-0.2, -0.15) is 0 Å². The van der Waals surface area contributed by atoms with Gasteiger partial charge in [0.15, 0.2) is 0 Å². The van der Waals surface area contributed by atoms with Crippen molar-refractivity contribution in [3.63, 3.8) is 0 Å². The number of benzene rings is 1. The molecule has 0 fully saturated rings. The zero-order valence-corrected chi connectivity index (χ0v) is 6.51. The molecule has 2 rings (SSSR count). The second-order valence-electron chi connectivity index (χ2n) is 2.61. The first kappa shape index (κ1) is 7.35. The summed E-state index contributed by atoms with van der Waals surface area (Å²) in [6.45, 7) is 3.66. The molecule has 1 heterocycles. The number of fused-ring (bicyclic) bond motifs is 1. The van der Waals surface area contributed by atoms with Crippen LogP contribution in [0.25, 0.3) is 11.0 Å². The van der Waals surface area contributed by atoms with Gasteiger partial charge in [0.1, 0.15) is 17.2 Å². The normalized spacial score (nSPS) is 10.8. The Morgan fingerprint density at radius 2 is 2.25 bits per heavy atom. The Morgan fingerprint density at radius 1 is 1.42 bits per heavy atom. The molecule has 0 saturated carbocycles. The van der Waals surface area contributed by atoms with Crippen molar-refractivity contribution in [3.8, 4) is 0 Å². The molecule has 61 valence electrons. The van der Waals surface area contributed by atoms with Crippen molar-refractivity contribution < 1.29 is 8.81 Å². The predicted octanol–water partition coefficient (Wildman–Crippen LogP) is 2.95. The van der Waals surface area contributed by atoms with Gasteiger partial charge in [0.05, 0.1) is 5.39 Å². The predicted molar refractivity (Wildman–Crippen MR) is 45.2 cm³/mol. The van der Waals surface area contributed by atoms with Crippen LogP contribution in [-0.2, 0) is 6.42 Å². The number of rotatable bonds is 1. The monoisotopic (exact) mass is 163 g/mol. The zero-order chi connectivity index (χ0) is 8.55. The fourth-order valence-corrected chi connectivity index (χ4v) is 1.20. The zero-order valence-electron chi connectivity index (χ0n) is 6.51. The van der Waals surface area contributed by atoms with E-state index in [1.165, 1.54) is 6.07 Å². The molecule has 1 nitrogen and oxygen atoms in total. The number of furan rings is 1. The first-order valence-corrected chi connectivity index (χ1v) is 3.77. The highest BCUT2D eigenvalue weighted by atomic mass is 19.1. The molecule has 0 aliphatic carbocycles. The minimum absolute atomic E-state index is 0.240. The van der Waals surface area contributed by atoms with Crippen molar-refractivity contribution in [2.24, 2.45) is 0 Å². The lowest BCUT2D eigenvalue weighted by Crippen LogP contribution is -1.71. The molecule has 0 bridgehead atoms. The van der Waals surface area contributed by atoms with Gasteiger partial charge >= 0.3 is 0 Å². The fraction of sp³-hybridized carbons (Fsp3) is 0.100. The first-order valence-electron chi connectivity index (χ1n) is 3.77. The summed E-state index contributed by atoms with van der Waals surface area (Å²) in [5, 5.41) is 0.538. The molecule has 0 atom stereocenters. The average Bonchev–Trinajstić information content (AvgIpc) is 2.49. The number of hydrogen-bond donors (Lipinski definition) is 0. The van der Waals surface area contributed by atoms with Crippen molar-refractivity contribution in [2.75, 3.05) is 0 Å². The van der Waals surface area contributed by atoms with E-state index in [9.17, 15) is 4.39 Å². The third-order valence-corrected chi connectivity index (χ3v) is 1.81. The summed E-state index contributed by atoms with van der Waals surface area (Å²) in [5.41, 5.74) is 0.591. The second-order valence-corrected chi connectivity index (χ2v) is 2.61. The lowest BCUT2D eigenvalue weighted by atomic mass is 10.2. The molecule has 0 unspecified atom stereocenters. The van der Waals surface area contributed by atoms with Crippen molar-refractivity contribution in [1.82, 2.24) is 0 Å². The Bertz CT molecular complexity index is 403. The Hall–Kier alpha value is -1.31. The molecule has 2 heteroatoms. The molecule has 1 aromatic heterocycles. The van der Waals surface area contributed by atoms with E-state index in [0.29, 0.717) is 17.4 Å². The average molecular weight is 163 g/mol. The molecule has 0 N–H and O–H groups in total. The maximum Gasteiger partial charge on any atom is 0.137 e. The number of halogens is 1. The summed E-state index contributed by atoms with van der Waals surface area (Å²) in [6, 6.07) is 6.49. The molecule has 0 saturated heterocycles. The van der Waals surface area contributed by atoms with Gasteiger partial charge in [-0.3, -0.25) is 0 Å². The van der Waals surface area contributed by atoms with Crippen molar-refractivity contribution >= 4 is 11.0 Å². The van der Waals surface area contributed by atoms with E-state index in [2.05, 4.69) is 6.92 Å². The highest BCUT2D eigenvalue weighted by Gasteiger charge is 2.05. The van der Waals surface area contributed by atoms with E-state index in [1.54, 1.807) is 18.2 Å². The van der Waals surface area contributed by atoms with Crippen LogP contribution in [0.1, 0.15) is 5.76 Å². The summed E-state index contributed by atoms with van der Waals surface area (Å²) in [7, 11) is 0. The third-order valence-electron chi connectivity index (χ3n) is 1.81. The topological polar surface area (TPSA) is 13.1 Å². The molecule has 12 heavy (non-hydrogen) atoms. The van der Waals surface area contributed by atoms with Crippen LogP contribution in [-0.4, -0.2) is 0 Å². The van der Waals surface area contributed by atoms with Gasteiger partial charge in [-0.05, 0) is 25.1 Å². The van der Waals surface area contributed by atoms with Crippen molar-refractivity contribution in [1.29, 1.82) is 0 Å². The van der Waals surface area contributed by atoms with Crippen LogP contribution in [0.5, 0.6) is 0 Å². The molecule has 0 spiro atoms. The van der Waals surface area contributed by atoms with Crippen LogP contribution in [0.3, 0.4) is 0 Å². The Kier molecular flexibility index (Phi) is 1.61. The van der Waals surface area contributed by atoms with Gasteiger partial charge in [0.25, 0.3) is 0 Å². The Morgan fingerprint density at radius 3 is 2.92 bits per heavy atom. The highest BCUT2D eigenvalue weighted by molar-refractivity contribution is 5.78. The maximum absolute atomic E-state index is 13.1. The minimum Gasteiger partial charge on any atom is -0.461 e. The largest absolute Gasteiger partial charge is 0.461 e. The minimum atomic E-state index is -0.240. The van der Waals surface area contributed by atoms with Crippen LogP contribution in [0.4, 0.5) is 4.39 Å². The van der Waals surface area contributed by atoms with E-state index in [-0.39, 0.29) is 5.82 Å². The SMILES string of the molecule is [CH2]Cc1cc2c(F)cccc2o1. The molecule has 0 aliphatic rings. The van der Waals surface area contributed by atoms with Crippen molar-refractivity contribution in [3.05, 3.63) is 42.8 Å². The summed E-state index contributed by atoms with van der Waals surface area (Å²) in [6.07, 6.45) is 0.550. The molecule has 1 radical (unpaired) electrons. The smallest absolute Gasteiger partial charge is 0.137 e. The quantitative estimate of drug-likeness (QED) is 0.630. The van der Waals surface area contributed by atoms with E-state index in [0.717, 1.165) is 5.76 Å². The van der Waals surface area contributed by atoms with Gasteiger partial charge < -0.3 is 4.42 Å². The van der Waals surface area contributed by atoms with Crippen LogP contribution in [0.2, 0.25) is 0 Å². The summed E-state index contributed by atoms with van der Waals surface area (Å²) in [5.74, 6) is 0.478. The van der Waals surface area contributed by atoms with E-state index in [4.69, 9.17) is 4.42 Å². The van der Waals surface area contributed by atoms with Gasteiger partial charge in [-0.15, -0.1) is 0 Å². The van der Waals surface area contributed by atoms with Crippen LogP contribution < -0.4 is 0 Å². The molecule has 2 aromatic rings. The molecular weight excluding hydrogens is 155 g/mol. The second kappa shape index (κ2) is 2.63. The van der Waals surface area contributed by atoms with Crippen molar-refractivity contribution in [2.45, 2.75) is 6.42 Å². The molecule has 0 aliphatic heterocycles. The third kappa shape index (κ3) is 0.998. The lowest BCUT2D eigenvalue weighted by molar-refractivity contribution is 0.563. The van der Waals surface area contributed by atoms with Gasteiger partial charge in [0, 0.05) is 6.42 Å². The van der Waals surface area contributed by atoms with Crippen LogP contribution >= 0.6 is 0 Å². The standard InChI is InChI=1S/C10H8FO/c1-2-7-6-8-9(11)4-3-5-10(8)12-7/h3-6H,1-2H2. The summed E-state index contributed by atoms with van der Waals surface area (Å²) >= 11 is 0. The Balaban J connectivity index is 2.74. The van der Waals surface area contributed by atoms with Crippen LogP contribution in [0.15, 0.2) is 28.7 Å². The van der Waals surface area contributed by atoms with Gasteiger partial charge in [-0.1, -0.05) is 6.07 Å². The summed E-state index contributed by atoms with van der Waals surface area (Å²) < 4.78 is 18.4. The van der Waals surface area contributed by atoms with E-state index < -0.39 is 0 Å². The van der Waals surface area contributed by atoms with Gasteiger partial charge in [0.2, 0.25) is 0 Å². The molecule has 1 aromatic carbocycles. The van der Waals surface area contributed by atoms with E-state index >= 15 is 0 Å². The van der Waals surface area contributed by atoms with Gasteiger partial charge in [-0.25, -0.2) is 4.39 Å².